The Morgan fingerprint density at radius 2 is 1.88 bits per heavy atom. The van der Waals surface area contributed by atoms with Gasteiger partial charge in [0.25, 0.3) is 0 Å². The van der Waals surface area contributed by atoms with Gasteiger partial charge in [0.15, 0.2) is 12.4 Å². The number of unbranched alkanes of at least 4 members (excludes halogenated alkanes) is 1. The molecular formula is C20H24N3O+. The van der Waals surface area contributed by atoms with Crippen LogP contribution in [0.3, 0.4) is 0 Å². The first-order valence-electron chi connectivity index (χ1n) is 8.59. The molecule has 24 heavy (non-hydrogen) atoms. The van der Waals surface area contributed by atoms with Gasteiger partial charge in [-0.05, 0) is 24.5 Å². The highest BCUT2D eigenvalue weighted by molar-refractivity contribution is 5.83. The fourth-order valence-electron chi connectivity index (χ4n) is 2.93. The lowest BCUT2D eigenvalue weighted by Gasteiger charge is -2.04. The third kappa shape index (κ3) is 4.44. The molecule has 0 aliphatic carbocycles. The number of fused-ring (bicyclic) bond motifs is 1. The molecule has 0 saturated carbocycles. The standard InChI is InChI=1S/C20H23N3O/c24-20(10-4-7-15-23-13-5-1-6-14-23)21-12-11-17-16-22-19-9-3-2-8-18(17)19/h1-3,5-6,8-9,13-14,16,22H,4,7,10-12,15H2/p+1. The summed E-state index contributed by atoms with van der Waals surface area (Å²) in [6, 6.07) is 14.3. The fourth-order valence-corrected chi connectivity index (χ4v) is 2.93. The number of aromatic amines is 1. The number of rotatable bonds is 8. The summed E-state index contributed by atoms with van der Waals surface area (Å²) in [5.41, 5.74) is 2.41. The van der Waals surface area contributed by atoms with Crippen molar-refractivity contribution < 1.29 is 9.36 Å². The molecular weight excluding hydrogens is 298 g/mol. The quantitative estimate of drug-likeness (QED) is 0.486. The van der Waals surface area contributed by atoms with Crippen molar-refractivity contribution in [3.05, 3.63) is 66.6 Å². The monoisotopic (exact) mass is 322 g/mol. The van der Waals surface area contributed by atoms with Gasteiger partial charge in [-0.2, -0.15) is 0 Å². The van der Waals surface area contributed by atoms with Crippen LogP contribution in [0.15, 0.2) is 61.1 Å². The Balaban J connectivity index is 1.34. The number of hydrogen-bond donors (Lipinski definition) is 2. The van der Waals surface area contributed by atoms with Crippen LogP contribution in [0.4, 0.5) is 0 Å². The smallest absolute Gasteiger partial charge is 0.220 e. The summed E-state index contributed by atoms with van der Waals surface area (Å²) < 4.78 is 2.15. The normalized spacial score (nSPS) is 10.8. The fraction of sp³-hybridized carbons (Fsp3) is 0.300. The van der Waals surface area contributed by atoms with Crippen LogP contribution in [0.2, 0.25) is 0 Å². The summed E-state index contributed by atoms with van der Waals surface area (Å²) in [5, 5.41) is 4.27. The number of para-hydroxylation sites is 1. The minimum atomic E-state index is 0.146. The summed E-state index contributed by atoms with van der Waals surface area (Å²) in [5.74, 6) is 0.146. The molecule has 0 spiro atoms. The maximum absolute atomic E-state index is 11.9. The first-order valence-corrected chi connectivity index (χ1v) is 8.59. The van der Waals surface area contributed by atoms with E-state index in [1.165, 1.54) is 10.9 Å². The Labute approximate surface area is 142 Å². The van der Waals surface area contributed by atoms with E-state index in [0.717, 1.165) is 31.3 Å². The van der Waals surface area contributed by atoms with E-state index in [-0.39, 0.29) is 5.91 Å². The molecule has 4 nitrogen and oxygen atoms in total. The van der Waals surface area contributed by atoms with Crippen molar-refractivity contribution in [2.75, 3.05) is 6.54 Å². The molecule has 3 rings (SSSR count). The van der Waals surface area contributed by atoms with E-state index in [1.54, 1.807) is 0 Å². The summed E-state index contributed by atoms with van der Waals surface area (Å²) in [7, 11) is 0. The molecule has 0 fully saturated rings. The third-order valence-corrected chi connectivity index (χ3v) is 4.24. The predicted octanol–water partition coefficient (Wildman–Crippen LogP) is 2.98. The highest BCUT2D eigenvalue weighted by Crippen LogP contribution is 2.17. The lowest BCUT2D eigenvalue weighted by molar-refractivity contribution is -0.697. The Bertz CT molecular complexity index is 780. The molecule has 0 saturated heterocycles. The summed E-state index contributed by atoms with van der Waals surface area (Å²) in [6.07, 6.45) is 9.54. The van der Waals surface area contributed by atoms with Crippen molar-refractivity contribution in [1.29, 1.82) is 0 Å². The van der Waals surface area contributed by atoms with Crippen molar-refractivity contribution >= 4 is 16.8 Å². The van der Waals surface area contributed by atoms with Crippen LogP contribution in [0.5, 0.6) is 0 Å². The van der Waals surface area contributed by atoms with Crippen molar-refractivity contribution in [2.45, 2.75) is 32.2 Å². The second kappa shape index (κ2) is 8.29. The molecule has 0 bridgehead atoms. The topological polar surface area (TPSA) is 48.8 Å². The number of hydrogen-bond acceptors (Lipinski definition) is 1. The zero-order valence-electron chi connectivity index (χ0n) is 13.9. The van der Waals surface area contributed by atoms with Gasteiger partial charge in [0.2, 0.25) is 5.91 Å². The molecule has 3 aromatic rings. The Hall–Kier alpha value is -2.62. The number of nitrogens with one attached hydrogen (secondary N) is 2. The average Bonchev–Trinajstić information content (AvgIpc) is 3.03. The molecule has 0 aliphatic rings. The number of carbonyl (C=O) groups excluding carboxylic acids is 1. The third-order valence-electron chi connectivity index (χ3n) is 4.24. The van der Waals surface area contributed by atoms with Crippen molar-refractivity contribution in [3.63, 3.8) is 0 Å². The lowest BCUT2D eigenvalue weighted by Crippen LogP contribution is -2.32. The maximum Gasteiger partial charge on any atom is 0.220 e. The largest absolute Gasteiger partial charge is 0.361 e. The number of aromatic nitrogens is 2. The van der Waals surface area contributed by atoms with E-state index in [9.17, 15) is 4.79 Å². The van der Waals surface area contributed by atoms with Crippen LogP contribution in [0.25, 0.3) is 10.9 Å². The lowest BCUT2D eigenvalue weighted by atomic mass is 10.1. The van der Waals surface area contributed by atoms with Gasteiger partial charge >= 0.3 is 0 Å². The van der Waals surface area contributed by atoms with Gasteiger partial charge in [0.05, 0.1) is 0 Å². The van der Waals surface area contributed by atoms with E-state index in [0.29, 0.717) is 13.0 Å². The van der Waals surface area contributed by atoms with Crippen LogP contribution in [0.1, 0.15) is 24.8 Å². The Morgan fingerprint density at radius 1 is 1.04 bits per heavy atom. The zero-order valence-corrected chi connectivity index (χ0v) is 13.9. The van der Waals surface area contributed by atoms with Gasteiger partial charge in [-0.3, -0.25) is 4.79 Å². The molecule has 4 heteroatoms. The van der Waals surface area contributed by atoms with E-state index in [1.807, 2.05) is 36.5 Å². The number of pyridine rings is 1. The van der Waals surface area contributed by atoms with Crippen LogP contribution >= 0.6 is 0 Å². The molecule has 124 valence electrons. The van der Waals surface area contributed by atoms with Crippen LogP contribution in [-0.2, 0) is 17.8 Å². The average molecular weight is 322 g/mol. The molecule has 2 N–H and O–H groups in total. The van der Waals surface area contributed by atoms with Gasteiger partial charge in [0, 0.05) is 48.6 Å². The summed E-state index contributed by atoms with van der Waals surface area (Å²) in [4.78, 5) is 15.2. The maximum atomic E-state index is 11.9. The SMILES string of the molecule is O=C(CCCC[n+]1ccccc1)NCCc1c[nH]c2ccccc12. The molecule has 0 radical (unpaired) electrons. The van der Waals surface area contributed by atoms with Gasteiger partial charge in [0.1, 0.15) is 6.54 Å². The van der Waals surface area contributed by atoms with Gasteiger partial charge < -0.3 is 10.3 Å². The second-order valence-corrected chi connectivity index (χ2v) is 6.03. The first kappa shape index (κ1) is 16.2. The number of nitrogens with zero attached hydrogens (tertiary/aromatic N) is 1. The number of aryl methyl sites for hydroxylation is 1. The van der Waals surface area contributed by atoms with E-state index < -0.39 is 0 Å². The van der Waals surface area contributed by atoms with Crippen molar-refractivity contribution in [2.24, 2.45) is 0 Å². The number of benzene rings is 1. The van der Waals surface area contributed by atoms with E-state index in [4.69, 9.17) is 0 Å². The van der Waals surface area contributed by atoms with Gasteiger partial charge in [-0.1, -0.05) is 24.3 Å². The van der Waals surface area contributed by atoms with Crippen LogP contribution in [0, 0.1) is 0 Å². The molecule has 1 aromatic carbocycles. The van der Waals surface area contributed by atoms with Crippen LogP contribution < -0.4 is 9.88 Å². The minimum absolute atomic E-state index is 0.146. The van der Waals surface area contributed by atoms with E-state index in [2.05, 4.69) is 39.4 Å². The van der Waals surface area contributed by atoms with Gasteiger partial charge in [-0.25, -0.2) is 4.57 Å². The number of H-pyrrole nitrogens is 1. The minimum Gasteiger partial charge on any atom is -0.361 e. The zero-order chi connectivity index (χ0) is 16.6. The molecule has 2 heterocycles. The Kier molecular flexibility index (Phi) is 5.61. The molecule has 1 amide bonds. The molecule has 0 aliphatic heterocycles. The highest BCUT2D eigenvalue weighted by atomic mass is 16.1. The Morgan fingerprint density at radius 3 is 2.75 bits per heavy atom. The summed E-state index contributed by atoms with van der Waals surface area (Å²) in [6.45, 7) is 1.65. The van der Waals surface area contributed by atoms with Crippen molar-refractivity contribution in [1.82, 2.24) is 10.3 Å². The van der Waals surface area contributed by atoms with Gasteiger partial charge in [-0.15, -0.1) is 0 Å². The second-order valence-electron chi connectivity index (χ2n) is 6.03. The molecule has 0 unspecified atom stereocenters. The number of carbonyl (C=O) groups is 1. The highest BCUT2D eigenvalue weighted by Gasteiger charge is 2.05. The first-order chi connectivity index (χ1) is 11.8. The molecule has 0 atom stereocenters. The predicted molar refractivity (Wildman–Crippen MR) is 95.5 cm³/mol. The van der Waals surface area contributed by atoms with E-state index >= 15 is 0 Å². The number of amides is 1. The summed E-state index contributed by atoms with van der Waals surface area (Å²) >= 11 is 0. The van der Waals surface area contributed by atoms with Crippen molar-refractivity contribution in [3.8, 4) is 0 Å². The molecule has 2 aromatic heterocycles. The van der Waals surface area contributed by atoms with Crippen LogP contribution in [-0.4, -0.2) is 17.4 Å².